The lowest BCUT2D eigenvalue weighted by Crippen LogP contribution is -2.39. The number of carbonyl (C=O) groups is 1. The van der Waals surface area contributed by atoms with Gasteiger partial charge in [-0.15, -0.1) is 5.10 Å². The molecule has 1 N–H and O–H groups in total. The molecule has 0 saturated carbocycles. The Morgan fingerprint density at radius 2 is 2.12 bits per heavy atom. The number of nitrogens with one attached hydrogen (secondary N) is 1. The van der Waals surface area contributed by atoms with Gasteiger partial charge in [0.2, 0.25) is 0 Å². The van der Waals surface area contributed by atoms with Crippen LogP contribution in [0.4, 0.5) is 0 Å². The van der Waals surface area contributed by atoms with Crippen LogP contribution in [0.2, 0.25) is 0 Å². The zero-order chi connectivity index (χ0) is 17.1. The first kappa shape index (κ1) is 15.5. The summed E-state index contributed by atoms with van der Waals surface area (Å²) < 4.78 is 1.65. The fraction of sp³-hybridized carbons (Fsp3) is 0.353. The van der Waals surface area contributed by atoms with E-state index in [9.17, 15) is 4.79 Å². The lowest BCUT2D eigenvalue weighted by molar-refractivity contribution is 0.0706. The highest BCUT2D eigenvalue weighted by Crippen LogP contribution is 2.26. The van der Waals surface area contributed by atoms with Crippen molar-refractivity contribution in [1.82, 2.24) is 35.3 Å². The van der Waals surface area contributed by atoms with E-state index in [1.165, 1.54) is 0 Å². The molecule has 0 radical (unpaired) electrons. The highest BCUT2D eigenvalue weighted by atomic mass is 16.2. The van der Waals surface area contributed by atoms with Crippen molar-refractivity contribution < 1.29 is 4.79 Å². The minimum Gasteiger partial charge on any atom is -0.338 e. The van der Waals surface area contributed by atoms with E-state index in [4.69, 9.17) is 0 Å². The van der Waals surface area contributed by atoms with Gasteiger partial charge >= 0.3 is 0 Å². The van der Waals surface area contributed by atoms with Gasteiger partial charge < -0.3 is 4.90 Å². The fourth-order valence-corrected chi connectivity index (χ4v) is 3.28. The Morgan fingerprint density at radius 1 is 1.24 bits per heavy atom. The number of nitrogens with zero attached hydrogens (tertiary/aromatic N) is 6. The van der Waals surface area contributed by atoms with Crippen molar-refractivity contribution in [3.63, 3.8) is 0 Å². The smallest absolute Gasteiger partial charge is 0.253 e. The molecule has 0 spiro atoms. The van der Waals surface area contributed by atoms with Crippen LogP contribution in [0.25, 0.3) is 0 Å². The first-order valence-corrected chi connectivity index (χ1v) is 8.38. The van der Waals surface area contributed by atoms with Crippen LogP contribution in [0.5, 0.6) is 0 Å². The first-order chi connectivity index (χ1) is 12.3. The van der Waals surface area contributed by atoms with E-state index in [0.717, 1.165) is 37.2 Å². The number of aromatic amines is 1. The second-order valence-corrected chi connectivity index (χ2v) is 6.31. The Kier molecular flexibility index (Phi) is 4.24. The van der Waals surface area contributed by atoms with E-state index < -0.39 is 0 Å². The Morgan fingerprint density at radius 3 is 2.84 bits per heavy atom. The molecule has 1 fully saturated rings. The number of aromatic nitrogens is 6. The molecule has 25 heavy (non-hydrogen) atoms. The lowest BCUT2D eigenvalue weighted by Gasteiger charge is -2.32. The summed E-state index contributed by atoms with van der Waals surface area (Å²) in [6.45, 7) is 2.12. The van der Waals surface area contributed by atoms with Crippen molar-refractivity contribution in [2.75, 3.05) is 13.1 Å². The summed E-state index contributed by atoms with van der Waals surface area (Å²) in [5.74, 6) is 0.414. The zero-order valence-corrected chi connectivity index (χ0v) is 13.7. The predicted molar refractivity (Wildman–Crippen MR) is 89.8 cm³/mol. The molecule has 1 unspecified atom stereocenters. The van der Waals surface area contributed by atoms with Gasteiger partial charge in [-0.2, -0.15) is 5.10 Å². The number of tetrazole rings is 1. The summed E-state index contributed by atoms with van der Waals surface area (Å²) >= 11 is 0. The normalized spacial score (nSPS) is 17.6. The third-order valence-electron chi connectivity index (χ3n) is 4.61. The van der Waals surface area contributed by atoms with Crippen LogP contribution in [0.3, 0.4) is 0 Å². The SMILES string of the molecule is O=C(c1ccc(Cn2cnnn2)cc1)N1CCCC(c2ccn[nH]2)C1. The van der Waals surface area contributed by atoms with Crippen molar-refractivity contribution >= 4 is 5.91 Å². The second kappa shape index (κ2) is 6.84. The number of H-pyrrole nitrogens is 1. The maximum Gasteiger partial charge on any atom is 0.253 e. The number of rotatable bonds is 4. The van der Waals surface area contributed by atoms with Gasteiger partial charge in [0.25, 0.3) is 5.91 Å². The van der Waals surface area contributed by atoms with Crippen LogP contribution in [0, 0.1) is 0 Å². The summed E-state index contributed by atoms with van der Waals surface area (Å²) in [4.78, 5) is 14.7. The highest BCUT2D eigenvalue weighted by Gasteiger charge is 2.26. The van der Waals surface area contributed by atoms with E-state index in [0.29, 0.717) is 18.0 Å². The average Bonchev–Trinajstić information content (AvgIpc) is 3.36. The fourth-order valence-electron chi connectivity index (χ4n) is 3.28. The summed E-state index contributed by atoms with van der Waals surface area (Å²) in [6, 6.07) is 9.65. The Labute approximate surface area is 144 Å². The van der Waals surface area contributed by atoms with Gasteiger partial charge in [-0.1, -0.05) is 12.1 Å². The van der Waals surface area contributed by atoms with Gasteiger partial charge in [0.15, 0.2) is 0 Å². The van der Waals surface area contributed by atoms with Gasteiger partial charge in [0, 0.05) is 36.5 Å². The molecule has 2 aromatic heterocycles. The van der Waals surface area contributed by atoms with Crippen molar-refractivity contribution in [3.05, 3.63) is 59.7 Å². The van der Waals surface area contributed by atoms with Crippen molar-refractivity contribution in [1.29, 1.82) is 0 Å². The van der Waals surface area contributed by atoms with Crippen LogP contribution in [-0.4, -0.2) is 54.3 Å². The number of hydrogen-bond donors (Lipinski definition) is 1. The quantitative estimate of drug-likeness (QED) is 0.778. The van der Waals surface area contributed by atoms with Crippen LogP contribution in [0.15, 0.2) is 42.9 Å². The standard InChI is InChI=1S/C17H19N7O/c25-17(23-9-1-2-15(11-23)16-7-8-18-20-16)14-5-3-13(4-6-14)10-24-12-19-21-22-24/h3-8,12,15H,1-2,9-11H2,(H,18,20). The van der Waals surface area contributed by atoms with Crippen molar-refractivity contribution in [2.45, 2.75) is 25.3 Å². The van der Waals surface area contributed by atoms with Crippen molar-refractivity contribution in [3.8, 4) is 0 Å². The maximum atomic E-state index is 12.8. The monoisotopic (exact) mass is 337 g/mol. The highest BCUT2D eigenvalue weighted by molar-refractivity contribution is 5.94. The zero-order valence-electron chi connectivity index (χ0n) is 13.7. The topological polar surface area (TPSA) is 92.6 Å². The predicted octanol–water partition coefficient (Wildman–Crippen LogP) is 1.46. The number of likely N-dealkylation sites (tertiary alicyclic amines) is 1. The molecule has 0 bridgehead atoms. The molecule has 0 aliphatic carbocycles. The molecule has 1 aliphatic rings. The average molecular weight is 337 g/mol. The first-order valence-electron chi connectivity index (χ1n) is 8.38. The molecule has 1 aromatic carbocycles. The maximum absolute atomic E-state index is 12.8. The van der Waals surface area contributed by atoms with Gasteiger partial charge in [-0.25, -0.2) is 4.68 Å². The minimum atomic E-state index is 0.0817. The molecule has 3 aromatic rings. The number of hydrogen-bond acceptors (Lipinski definition) is 5. The molecule has 3 heterocycles. The van der Waals surface area contributed by atoms with Crippen molar-refractivity contribution in [2.24, 2.45) is 0 Å². The molecule has 4 rings (SSSR count). The van der Waals surface area contributed by atoms with E-state index >= 15 is 0 Å². The molecular weight excluding hydrogens is 318 g/mol. The Balaban J connectivity index is 1.43. The Hall–Kier alpha value is -3.03. The van der Waals surface area contributed by atoms with E-state index in [1.807, 2.05) is 35.2 Å². The molecule has 1 aliphatic heterocycles. The molecule has 1 atom stereocenters. The van der Waals surface area contributed by atoms with Gasteiger partial charge in [-0.3, -0.25) is 9.89 Å². The van der Waals surface area contributed by atoms with Crippen LogP contribution < -0.4 is 0 Å². The molecule has 8 heteroatoms. The molecule has 1 saturated heterocycles. The number of piperidine rings is 1. The summed E-state index contributed by atoms with van der Waals surface area (Å²) in [5.41, 5.74) is 2.87. The molecular formula is C17H19N7O. The summed E-state index contributed by atoms with van der Waals surface area (Å²) in [7, 11) is 0. The van der Waals surface area contributed by atoms with E-state index in [2.05, 4.69) is 25.7 Å². The molecule has 1 amide bonds. The van der Waals surface area contributed by atoms with Crippen LogP contribution >= 0.6 is 0 Å². The second-order valence-electron chi connectivity index (χ2n) is 6.31. The van der Waals surface area contributed by atoms with Crippen LogP contribution in [-0.2, 0) is 6.54 Å². The third-order valence-corrected chi connectivity index (χ3v) is 4.61. The number of carbonyl (C=O) groups excluding carboxylic acids is 1. The van der Waals surface area contributed by atoms with Gasteiger partial charge in [0.1, 0.15) is 6.33 Å². The lowest BCUT2D eigenvalue weighted by atomic mass is 9.94. The van der Waals surface area contributed by atoms with Gasteiger partial charge in [-0.05, 0) is 47.0 Å². The number of benzene rings is 1. The summed E-state index contributed by atoms with van der Waals surface area (Å²) in [5, 5.41) is 18.1. The molecule has 8 nitrogen and oxygen atoms in total. The largest absolute Gasteiger partial charge is 0.338 e. The van der Waals surface area contributed by atoms with E-state index in [-0.39, 0.29) is 5.91 Å². The van der Waals surface area contributed by atoms with Gasteiger partial charge in [0.05, 0.1) is 6.54 Å². The Bertz CT molecular complexity index is 811. The third kappa shape index (κ3) is 3.42. The van der Waals surface area contributed by atoms with Crippen LogP contribution in [0.1, 0.15) is 40.4 Å². The minimum absolute atomic E-state index is 0.0817. The molecule has 128 valence electrons. The number of amides is 1. The van der Waals surface area contributed by atoms with E-state index in [1.54, 1.807) is 17.2 Å². The summed E-state index contributed by atoms with van der Waals surface area (Å²) in [6.07, 6.45) is 5.42.